The van der Waals surface area contributed by atoms with E-state index in [0.29, 0.717) is 29.4 Å². The Hall–Kier alpha value is -4.06. The van der Waals surface area contributed by atoms with E-state index in [9.17, 15) is 4.79 Å². The molecular weight excluding hydrogens is 418 g/mol. The predicted octanol–water partition coefficient (Wildman–Crippen LogP) is 5.58. The molecule has 168 valence electrons. The van der Waals surface area contributed by atoms with Gasteiger partial charge in [-0.05, 0) is 48.9 Å². The van der Waals surface area contributed by atoms with Crippen LogP contribution in [0.15, 0.2) is 78.9 Å². The van der Waals surface area contributed by atoms with Crippen molar-refractivity contribution in [1.82, 2.24) is 4.98 Å². The third-order valence-corrected chi connectivity index (χ3v) is 5.02. The van der Waals surface area contributed by atoms with Crippen molar-refractivity contribution in [3.05, 3.63) is 95.7 Å². The lowest BCUT2D eigenvalue weighted by Gasteiger charge is -2.15. The molecule has 0 amide bonds. The third-order valence-electron chi connectivity index (χ3n) is 5.02. The topological polar surface area (TPSA) is 66.9 Å². The van der Waals surface area contributed by atoms with E-state index in [2.05, 4.69) is 4.98 Å². The first-order valence-corrected chi connectivity index (χ1v) is 10.7. The number of aromatic nitrogens is 1. The molecule has 0 spiro atoms. The molecule has 1 aromatic heterocycles. The Morgan fingerprint density at radius 2 is 1.73 bits per heavy atom. The Labute approximate surface area is 192 Å². The van der Waals surface area contributed by atoms with E-state index in [4.69, 9.17) is 18.9 Å². The molecule has 0 N–H and O–H groups in total. The quantitative estimate of drug-likeness (QED) is 0.315. The second kappa shape index (κ2) is 10.5. The number of nitrogens with zero attached hydrogens (tertiary/aromatic N) is 1. The minimum absolute atomic E-state index is 0.234. The maximum Gasteiger partial charge on any atom is 0.342 e. The van der Waals surface area contributed by atoms with Gasteiger partial charge in [0.25, 0.3) is 0 Å². The van der Waals surface area contributed by atoms with Crippen LogP contribution in [-0.2, 0) is 18.0 Å². The molecule has 0 aliphatic carbocycles. The van der Waals surface area contributed by atoms with Gasteiger partial charge in [-0.1, -0.05) is 42.5 Å². The smallest absolute Gasteiger partial charge is 0.342 e. The van der Waals surface area contributed by atoms with Crippen molar-refractivity contribution in [3.8, 4) is 17.2 Å². The summed E-state index contributed by atoms with van der Waals surface area (Å²) in [5, 5.41) is 1.10. The van der Waals surface area contributed by atoms with Crippen LogP contribution < -0.4 is 14.2 Å². The second-order valence-corrected chi connectivity index (χ2v) is 7.28. The molecular formula is C27H25NO5. The zero-order valence-electron chi connectivity index (χ0n) is 18.6. The lowest BCUT2D eigenvalue weighted by molar-refractivity contribution is 0.0520. The molecule has 0 radical (unpaired) electrons. The van der Waals surface area contributed by atoms with E-state index >= 15 is 0 Å². The molecule has 33 heavy (non-hydrogen) atoms. The summed E-state index contributed by atoms with van der Waals surface area (Å²) in [5.74, 6) is 1.07. The number of esters is 1. The van der Waals surface area contributed by atoms with Crippen molar-refractivity contribution in [2.24, 2.45) is 0 Å². The van der Waals surface area contributed by atoms with E-state index in [0.717, 1.165) is 22.2 Å². The van der Waals surface area contributed by atoms with Crippen LogP contribution >= 0.6 is 0 Å². The van der Waals surface area contributed by atoms with Crippen LogP contribution in [0.2, 0.25) is 0 Å². The molecule has 6 heteroatoms. The van der Waals surface area contributed by atoms with Gasteiger partial charge >= 0.3 is 5.97 Å². The summed E-state index contributed by atoms with van der Waals surface area (Å²) in [5.41, 5.74) is 3.00. The van der Waals surface area contributed by atoms with Crippen molar-refractivity contribution in [3.63, 3.8) is 0 Å². The second-order valence-electron chi connectivity index (χ2n) is 7.28. The van der Waals surface area contributed by atoms with Crippen molar-refractivity contribution in [2.75, 3.05) is 13.7 Å². The number of rotatable bonds is 9. The zero-order chi connectivity index (χ0) is 23.0. The highest BCUT2D eigenvalue weighted by atomic mass is 16.5. The summed E-state index contributed by atoms with van der Waals surface area (Å²) in [4.78, 5) is 17.0. The molecule has 0 unspecified atom stereocenters. The van der Waals surface area contributed by atoms with Crippen LogP contribution in [0.4, 0.5) is 0 Å². The molecule has 3 aromatic carbocycles. The van der Waals surface area contributed by atoms with E-state index < -0.39 is 5.97 Å². The summed E-state index contributed by atoms with van der Waals surface area (Å²) >= 11 is 0. The highest BCUT2D eigenvalue weighted by molar-refractivity contribution is 5.93. The molecule has 0 fully saturated rings. The average molecular weight is 443 g/mol. The number of hydrogen-bond acceptors (Lipinski definition) is 6. The summed E-state index contributed by atoms with van der Waals surface area (Å²) < 4.78 is 22.5. The minimum Gasteiger partial charge on any atom is -0.493 e. The molecule has 0 aliphatic heterocycles. The number of carbonyl (C=O) groups excluding carboxylic acids is 1. The minimum atomic E-state index is -0.452. The number of pyridine rings is 1. The SMILES string of the molecule is CCOC(=O)c1cccc(OC)c1OCc1cccc(OCc2ccc3ccccc3n2)c1. The summed E-state index contributed by atoms with van der Waals surface area (Å²) in [6.45, 7) is 2.63. The Bertz CT molecular complexity index is 1250. The van der Waals surface area contributed by atoms with Gasteiger partial charge < -0.3 is 18.9 Å². The van der Waals surface area contributed by atoms with Gasteiger partial charge in [-0.25, -0.2) is 9.78 Å². The molecule has 6 nitrogen and oxygen atoms in total. The maximum absolute atomic E-state index is 12.3. The van der Waals surface area contributed by atoms with Gasteiger partial charge in [-0.3, -0.25) is 0 Å². The van der Waals surface area contributed by atoms with E-state index in [1.165, 1.54) is 7.11 Å². The van der Waals surface area contributed by atoms with Gasteiger partial charge in [0.1, 0.15) is 24.5 Å². The van der Waals surface area contributed by atoms with E-state index in [1.807, 2.05) is 60.7 Å². The Morgan fingerprint density at radius 1 is 0.879 bits per heavy atom. The fourth-order valence-corrected chi connectivity index (χ4v) is 3.42. The number of carbonyl (C=O) groups is 1. The van der Waals surface area contributed by atoms with Crippen LogP contribution in [0.1, 0.15) is 28.5 Å². The predicted molar refractivity (Wildman–Crippen MR) is 126 cm³/mol. The normalized spacial score (nSPS) is 10.6. The molecule has 4 rings (SSSR count). The van der Waals surface area contributed by atoms with Crippen LogP contribution in [0.3, 0.4) is 0 Å². The molecule has 0 bridgehead atoms. The average Bonchev–Trinajstić information content (AvgIpc) is 2.86. The number of methoxy groups -OCH3 is 1. The first kappa shape index (κ1) is 22.1. The molecule has 0 aliphatic rings. The number of benzene rings is 3. The van der Waals surface area contributed by atoms with Crippen molar-refractivity contribution < 1.29 is 23.7 Å². The van der Waals surface area contributed by atoms with Crippen LogP contribution in [0.5, 0.6) is 17.2 Å². The third kappa shape index (κ3) is 5.41. The first-order valence-electron chi connectivity index (χ1n) is 10.7. The summed E-state index contributed by atoms with van der Waals surface area (Å²) in [6.07, 6.45) is 0. The molecule has 0 saturated carbocycles. The molecule has 4 aromatic rings. The fraction of sp³-hybridized carbons (Fsp3) is 0.185. The van der Waals surface area contributed by atoms with Crippen LogP contribution in [-0.4, -0.2) is 24.7 Å². The molecule has 1 heterocycles. The number of fused-ring (bicyclic) bond motifs is 1. The van der Waals surface area contributed by atoms with E-state index in [1.54, 1.807) is 25.1 Å². The van der Waals surface area contributed by atoms with Gasteiger partial charge in [0, 0.05) is 5.39 Å². The largest absolute Gasteiger partial charge is 0.493 e. The first-order chi connectivity index (χ1) is 16.2. The summed E-state index contributed by atoms with van der Waals surface area (Å²) in [6, 6.07) is 24.7. The van der Waals surface area contributed by atoms with Crippen molar-refractivity contribution in [2.45, 2.75) is 20.1 Å². The lowest BCUT2D eigenvalue weighted by atomic mass is 10.1. The van der Waals surface area contributed by atoms with Gasteiger partial charge in [0.05, 0.1) is 24.9 Å². The Balaban J connectivity index is 1.45. The molecule has 0 atom stereocenters. The lowest BCUT2D eigenvalue weighted by Crippen LogP contribution is -2.09. The number of ether oxygens (including phenoxy) is 4. The van der Waals surface area contributed by atoms with Crippen molar-refractivity contribution in [1.29, 1.82) is 0 Å². The maximum atomic E-state index is 12.3. The highest BCUT2D eigenvalue weighted by Gasteiger charge is 2.18. The monoisotopic (exact) mass is 443 g/mol. The van der Waals surface area contributed by atoms with Crippen molar-refractivity contribution >= 4 is 16.9 Å². The van der Waals surface area contributed by atoms with Crippen LogP contribution in [0.25, 0.3) is 10.9 Å². The molecule has 0 saturated heterocycles. The number of hydrogen-bond donors (Lipinski definition) is 0. The number of para-hydroxylation sites is 2. The Kier molecular flexibility index (Phi) is 7.05. The fourth-order valence-electron chi connectivity index (χ4n) is 3.42. The summed E-state index contributed by atoms with van der Waals surface area (Å²) in [7, 11) is 1.53. The zero-order valence-corrected chi connectivity index (χ0v) is 18.6. The van der Waals surface area contributed by atoms with E-state index in [-0.39, 0.29) is 13.2 Å². The highest BCUT2D eigenvalue weighted by Crippen LogP contribution is 2.32. The van der Waals surface area contributed by atoms with Gasteiger partial charge in [-0.2, -0.15) is 0 Å². The van der Waals surface area contributed by atoms with Crippen LogP contribution in [0, 0.1) is 0 Å². The van der Waals surface area contributed by atoms with Gasteiger partial charge in [0.15, 0.2) is 11.5 Å². The van der Waals surface area contributed by atoms with Gasteiger partial charge in [-0.15, -0.1) is 0 Å². The Morgan fingerprint density at radius 3 is 2.58 bits per heavy atom. The van der Waals surface area contributed by atoms with Gasteiger partial charge in [0.2, 0.25) is 0 Å². The standard InChI is InChI=1S/C27H25NO5/c1-3-31-27(29)23-11-7-13-25(30-2)26(23)33-17-19-8-6-10-22(16-19)32-18-21-15-14-20-9-4-5-12-24(20)28-21/h4-16H,3,17-18H2,1-2H3.